The lowest BCUT2D eigenvalue weighted by molar-refractivity contribution is 0.185. The van der Waals surface area contributed by atoms with Crippen molar-refractivity contribution in [1.29, 1.82) is 10.5 Å². The first-order valence-corrected chi connectivity index (χ1v) is 12.2. The highest BCUT2D eigenvalue weighted by molar-refractivity contribution is 5.89. The van der Waals surface area contributed by atoms with Crippen molar-refractivity contribution < 1.29 is 0 Å². The molecule has 1 fully saturated rings. The maximum Gasteiger partial charge on any atom is 0.252 e. The summed E-state index contributed by atoms with van der Waals surface area (Å²) in [6, 6.07) is 21.2. The van der Waals surface area contributed by atoms with Crippen molar-refractivity contribution >= 4 is 16.7 Å². The second-order valence-corrected chi connectivity index (χ2v) is 9.54. The van der Waals surface area contributed by atoms with E-state index in [1.165, 1.54) is 0 Å². The number of benzene rings is 1. The van der Waals surface area contributed by atoms with Gasteiger partial charge in [-0.15, -0.1) is 0 Å². The van der Waals surface area contributed by atoms with Crippen LogP contribution in [-0.2, 0) is 7.05 Å². The largest absolute Gasteiger partial charge is 0.364 e. The number of anilines is 1. The van der Waals surface area contributed by atoms with Crippen LogP contribution in [0.3, 0.4) is 0 Å². The molecule has 1 aliphatic heterocycles. The van der Waals surface area contributed by atoms with Gasteiger partial charge in [-0.25, -0.2) is 4.98 Å². The minimum absolute atomic E-state index is 0.0679. The number of aromatic nitrogens is 3. The second kappa shape index (κ2) is 9.85. The zero-order valence-corrected chi connectivity index (χ0v) is 21.1. The predicted molar refractivity (Wildman–Crippen MR) is 142 cm³/mol. The first-order valence-electron chi connectivity index (χ1n) is 12.2. The number of piperazine rings is 1. The lowest BCUT2D eigenvalue weighted by atomic mass is 9.97. The van der Waals surface area contributed by atoms with Gasteiger partial charge in [-0.3, -0.25) is 14.7 Å². The van der Waals surface area contributed by atoms with Gasteiger partial charge in [0.2, 0.25) is 0 Å². The van der Waals surface area contributed by atoms with E-state index in [0.717, 1.165) is 35.6 Å². The molecule has 184 valence electrons. The highest BCUT2D eigenvalue weighted by Crippen LogP contribution is 2.33. The van der Waals surface area contributed by atoms with Gasteiger partial charge < -0.3 is 9.47 Å². The lowest BCUT2D eigenvalue weighted by Gasteiger charge is -2.44. The average Bonchev–Trinajstić information content (AvgIpc) is 2.92. The zero-order chi connectivity index (χ0) is 26.1. The topological polar surface area (TPSA) is 102 Å². The molecule has 1 aliphatic rings. The summed E-state index contributed by atoms with van der Waals surface area (Å²) in [5.74, 6) is 0. The molecule has 0 amide bonds. The van der Waals surface area contributed by atoms with Gasteiger partial charge in [0.15, 0.2) is 0 Å². The predicted octanol–water partition coefficient (Wildman–Crippen LogP) is 3.68. The number of pyridine rings is 3. The van der Waals surface area contributed by atoms with Crippen molar-refractivity contribution in [3.8, 4) is 12.1 Å². The number of hydrogen-bond acceptors (Lipinski definition) is 7. The SMILES string of the molecule is Cc1ccc(C(c2ccc(C#N)cc2)N2CCN(c3cc(=O)n(C)c4ccc(C#N)nc34)[C@@H](C)C2)nc1. The third-order valence-electron chi connectivity index (χ3n) is 7.09. The van der Waals surface area contributed by atoms with E-state index in [4.69, 9.17) is 4.98 Å². The van der Waals surface area contributed by atoms with Crippen LogP contribution in [0.4, 0.5) is 5.69 Å². The van der Waals surface area contributed by atoms with E-state index in [1.807, 2.05) is 37.4 Å². The monoisotopic (exact) mass is 489 g/mol. The van der Waals surface area contributed by atoms with Crippen LogP contribution >= 0.6 is 0 Å². The van der Waals surface area contributed by atoms with Crippen LogP contribution in [0.2, 0.25) is 0 Å². The Labute approximate surface area is 215 Å². The fraction of sp³-hybridized carbons (Fsp3) is 0.276. The molecule has 4 aromatic rings. The van der Waals surface area contributed by atoms with Crippen molar-refractivity contribution in [2.75, 3.05) is 24.5 Å². The Kier molecular flexibility index (Phi) is 6.43. The molecular weight excluding hydrogens is 462 g/mol. The number of hydrogen-bond donors (Lipinski definition) is 0. The molecule has 1 aromatic carbocycles. The Morgan fingerprint density at radius 3 is 2.46 bits per heavy atom. The van der Waals surface area contributed by atoms with E-state index in [0.29, 0.717) is 28.8 Å². The smallest absolute Gasteiger partial charge is 0.252 e. The molecule has 1 saturated heterocycles. The van der Waals surface area contributed by atoms with E-state index in [2.05, 4.69) is 46.0 Å². The van der Waals surface area contributed by atoms with E-state index in [1.54, 1.807) is 29.8 Å². The quantitative estimate of drug-likeness (QED) is 0.431. The van der Waals surface area contributed by atoms with Gasteiger partial charge in [0, 0.05) is 45.0 Å². The molecule has 8 nitrogen and oxygen atoms in total. The number of aryl methyl sites for hydroxylation is 2. The first-order chi connectivity index (χ1) is 17.9. The molecule has 3 aromatic heterocycles. The summed E-state index contributed by atoms with van der Waals surface area (Å²) in [7, 11) is 1.72. The highest BCUT2D eigenvalue weighted by atomic mass is 16.1. The second-order valence-electron chi connectivity index (χ2n) is 9.54. The molecule has 0 aliphatic carbocycles. The number of nitrogens with zero attached hydrogens (tertiary/aromatic N) is 7. The van der Waals surface area contributed by atoms with Gasteiger partial charge in [-0.1, -0.05) is 18.2 Å². The molecule has 37 heavy (non-hydrogen) atoms. The normalized spacial score (nSPS) is 16.8. The number of fused-ring (bicyclic) bond motifs is 1. The van der Waals surface area contributed by atoms with Gasteiger partial charge >= 0.3 is 0 Å². The Morgan fingerprint density at radius 1 is 1.03 bits per heavy atom. The third-order valence-corrected chi connectivity index (χ3v) is 7.09. The molecule has 0 saturated carbocycles. The third kappa shape index (κ3) is 4.55. The van der Waals surface area contributed by atoms with Crippen LogP contribution in [0.1, 0.15) is 41.0 Å². The van der Waals surface area contributed by atoms with Crippen LogP contribution in [0.25, 0.3) is 11.0 Å². The molecule has 0 bridgehead atoms. The molecular formula is C29H27N7O. The molecule has 2 atom stereocenters. The summed E-state index contributed by atoms with van der Waals surface area (Å²) in [5.41, 5.74) is 6.09. The minimum Gasteiger partial charge on any atom is -0.364 e. The number of nitriles is 2. The van der Waals surface area contributed by atoms with E-state index in [-0.39, 0.29) is 17.6 Å². The van der Waals surface area contributed by atoms with Gasteiger partial charge in [-0.2, -0.15) is 10.5 Å². The molecule has 1 unspecified atom stereocenters. The molecule has 4 heterocycles. The molecule has 0 radical (unpaired) electrons. The summed E-state index contributed by atoms with van der Waals surface area (Å²) in [6.07, 6.45) is 1.88. The Morgan fingerprint density at radius 2 is 1.81 bits per heavy atom. The summed E-state index contributed by atoms with van der Waals surface area (Å²) in [4.78, 5) is 26.7. The molecule has 0 N–H and O–H groups in total. The average molecular weight is 490 g/mol. The Balaban J connectivity index is 1.51. The molecule has 5 rings (SSSR count). The maximum atomic E-state index is 12.8. The van der Waals surface area contributed by atoms with Crippen molar-refractivity contribution in [3.05, 3.63) is 99.2 Å². The Hall–Kier alpha value is -4.53. The van der Waals surface area contributed by atoms with Crippen LogP contribution in [0.15, 0.2) is 65.6 Å². The zero-order valence-electron chi connectivity index (χ0n) is 21.1. The van der Waals surface area contributed by atoms with Crippen molar-refractivity contribution in [2.24, 2.45) is 7.05 Å². The Bertz CT molecular complexity index is 1590. The first kappa shape index (κ1) is 24.2. The summed E-state index contributed by atoms with van der Waals surface area (Å²) in [5, 5.41) is 18.7. The van der Waals surface area contributed by atoms with Crippen LogP contribution in [0.5, 0.6) is 0 Å². The summed E-state index contributed by atoms with van der Waals surface area (Å²) in [6.45, 7) is 6.31. The van der Waals surface area contributed by atoms with Gasteiger partial charge in [0.05, 0.1) is 34.6 Å². The number of rotatable bonds is 4. The van der Waals surface area contributed by atoms with Crippen molar-refractivity contribution in [2.45, 2.75) is 25.9 Å². The fourth-order valence-corrected chi connectivity index (χ4v) is 5.12. The van der Waals surface area contributed by atoms with Gasteiger partial charge in [0.25, 0.3) is 5.56 Å². The summed E-state index contributed by atoms with van der Waals surface area (Å²) < 4.78 is 1.57. The maximum absolute atomic E-state index is 12.8. The highest BCUT2D eigenvalue weighted by Gasteiger charge is 2.32. The standard InChI is InChI=1S/C29H27N7O/c1-19-4-10-24(32-17-19)29(22-7-5-21(15-30)6-8-22)35-12-13-36(20(2)18-35)26-14-27(37)34(3)25-11-9-23(16-31)33-28(25)26/h4-11,14,17,20,29H,12-13,18H2,1-3H3/t20-,29?/m0/s1. The molecule has 8 heteroatoms. The molecule has 0 spiro atoms. The van der Waals surface area contributed by atoms with Crippen molar-refractivity contribution in [1.82, 2.24) is 19.4 Å². The van der Waals surface area contributed by atoms with Crippen LogP contribution < -0.4 is 10.5 Å². The van der Waals surface area contributed by atoms with E-state index >= 15 is 0 Å². The van der Waals surface area contributed by atoms with E-state index in [9.17, 15) is 15.3 Å². The van der Waals surface area contributed by atoms with Gasteiger partial charge in [-0.05, 0) is 55.3 Å². The minimum atomic E-state index is -0.108. The lowest BCUT2D eigenvalue weighted by Crippen LogP contribution is -2.53. The van der Waals surface area contributed by atoms with E-state index < -0.39 is 0 Å². The summed E-state index contributed by atoms with van der Waals surface area (Å²) >= 11 is 0. The van der Waals surface area contributed by atoms with Gasteiger partial charge in [0.1, 0.15) is 17.3 Å². The van der Waals surface area contributed by atoms with Crippen molar-refractivity contribution in [3.63, 3.8) is 0 Å². The van der Waals surface area contributed by atoms with Crippen LogP contribution in [0, 0.1) is 29.6 Å². The van der Waals surface area contributed by atoms with Crippen LogP contribution in [-0.4, -0.2) is 45.1 Å². The fourth-order valence-electron chi connectivity index (χ4n) is 5.12.